The highest BCUT2D eigenvalue weighted by Gasteiger charge is 2.44. The van der Waals surface area contributed by atoms with Crippen LogP contribution >= 0.6 is 11.3 Å². The Kier molecular flexibility index (Phi) is 3.68. The van der Waals surface area contributed by atoms with Gasteiger partial charge in [-0.05, 0) is 43.2 Å². The molecule has 2 atom stereocenters. The standard InChI is InChI=1S/C13H20N2O2S2/c1-2-14-8-12-13(5-6-18-12)19(16,17)15-9-10-3-4-11(15)7-10/h5-6,10-11,14H,2-4,7-9H2,1H3. The summed E-state index contributed by atoms with van der Waals surface area (Å²) in [6.07, 6.45) is 3.30. The molecule has 4 nitrogen and oxygen atoms in total. The van der Waals surface area contributed by atoms with Crippen LogP contribution in [0.5, 0.6) is 0 Å². The van der Waals surface area contributed by atoms with E-state index in [2.05, 4.69) is 5.32 Å². The second-order valence-electron chi connectivity index (χ2n) is 5.40. The van der Waals surface area contributed by atoms with E-state index in [1.54, 1.807) is 10.4 Å². The molecule has 1 N–H and O–H groups in total. The molecule has 2 fully saturated rings. The van der Waals surface area contributed by atoms with E-state index >= 15 is 0 Å². The van der Waals surface area contributed by atoms with Crippen LogP contribution in [0.3, 0.4) is 0 Å². The van der Waals surface area contributed by atoms with Crippen molar-refractivity contribution in [2.45, 2.75) is 43.7 Å². The van der Waals surface area contributed by atoms with E-state index in [1.165, 1.54) is 17.8 Å². The predicted molar refractivity (Wildman–Crippen MR) is 76.7 cm³/mol. The van der Waals surface area contributed by atoms with Gasteiger partial charge in [-0.1, -0.05) is 6.92 Å². The average molecular weight is 300 g/mol. The Morgan fingerprint density at radius 2 is 2.32 bits per heavy atom. The predicted octanol–water partition coefficient (Wildman–Crippen LogP) is 2.03. The Bertz CT molecular complexity index is 553. The quantitative estimate of drug-likeness (QED) is 0.905. The summed E-state index contributed by atoms with van der Waals surface area (Å²) in [5.74, 6) is 0.593. The molecule has 19 heavy (non-hydrogen) atoms. The SMILES string of the molecule is CCNCc1sccc1S(=O)(=O)N1CC2CCC1C2. The van der Waals surface area contributed by atoms with E-state index in [0.717, 1.165) is 30.8 Å². The van der Waals surface area contributed by atoms with Crippen molar-refractivity contribution in [1.29, 1.82) is 0 Å². The zero-order valence-corrected chi connectivity index (χ0v) is 12.8. The van der Waals surface area contributed by atoms with Crippen LogP contribution in [-0.2, 0) is 16.6 Å². The lowest BCUT2D eigenvalue weighted by molar-refractivity contribution is 0.333. The van der Waals surface area contributed by atoms with Crippen LogP contribution in [0.25, 0.3) is 0 Å². The third-order valence-corrected chi connectivity index (χ3v) is 7.24. The van der Waals surface area contributed by atoms with Crippen molar-refractivity contribution >= 4 is 21.4 Å². The van der Waals surface area contributed by atoms with Crippen molar-refractivity contribution in [3.8, 4) is 0 Å². The van der Waals surface area contributed by atoms with E-state index in [4.69, 9.17) is 0 Å². The first-order valence-corrected chi connectivity index (χ1v) is 9.24. The Morgan fingerprint density at radius 3 is 2.95 bits per heavy atom. The number of nitrogens with zero attached hydrogens (tertiary/aromatic N) is 1. The molecule has 0 spiro atoms. The van der Waals surface area contributed by atoms with Gasteiger partial charge in [0.1, 0.15) is 0 Å². The monoisotopic (exact) mass is 300 g/mol. The molecule has 3 rings (SSSR count). The smallest absolute Gasteiger partial charge is 0.244 e. The van der Waals surface area contributed by atoms with Gasteiger partial charge in [-0.3, -0.25) is 0 Å². The lowest BCUT2D eigenvalue weighted by Gasteiger charge is -2.26. The summed E-state index contributed by atoms with van der Waals surface area (Å²) in [6.45, 7) is 4.25. The molecule has 0 radical (unpaired) electrons. The first-order chi connectivity index (χ1) is 9.13. The third kappa shape index (κ3) is 2.35. The fourth-order valence-electron chi connectivity index (χ4n) is 3.23. The molecule has 1 saturated heterocycles. The third-order valence-electron chi connectivity index (χ3n) is 4.19. The summed E-state index contributed by atoms with van der Waals surface area (Å²) in [7, 11) is -3.28. The van der Waals surface area contributed by atoms with Crippen LogP contribution in [0, 0.1) is 5.92 Å². The fraction of sp³-hybridized carbons (Fsp3) is 0.692. The first-order valence-electron chi connectivity index (χ1n) is 6.92. The molecule has 1 aliphatic carbocycles. The molecule has 1 saturated carbocycles. The first kappa shape index (κ1) is 13.5. The number of fused-ring (bicyclic) bond motifs is 2. The van der Waals surface area contributed by atoms with Crippen LogP contribution in [-0.4, -0.2) is 31.9 Å². The topological polar surface area (TPSA) is 49.4 Å². The maximum absolute atomic E-state index is 12.8. The summed E-state index contributed by atoms with van der Waals surface area (Å²) in [6, 6.07) is 2.01. The van der Waals surface area contributed by atoms with Crippen LogP contribution in [0.1, 0.15) is 31.1 Å². The van der Waals surface area contributed by atoms with E-state index in [0.29, 0.717) is 17.4 Å². The van der Waals surface area contributed by atoms with E-state index < -0.39 is 10.0 Å². The molecule has 2 aliphatic rings. The van der Waals surface area contributed by atoms with Gasteiger partial charge in [-0.2, -0.15) is 4.31 Å². The van der Waals surface area contributed by atoms with Crippen LogP contribution in [0.2, 0.25) is 0 Å². The number of thiophene rings is 1. The number of nitrogens with one attached hydrogen (secondary N) is 1. The summed E-state index contributed by atoms with van der Waals surface area (Å²) in [5, 5.41) is 5.10. The highest BCUT2D eigenvalue weighted by atomic mass is 32.2. The van der Waals surface area contributed by atoms with E-state index in [-0.39, 0.29) is 6.04 Å². The average Bonchev–Trinajstić information content (AvgIpc) is 3.11. The van der Waals surface area contributed by atoms with Crippen molar-refractivity contribution < 1.29 is 8.42 Å². The molecule has 0 amide bonds. The number of piperidine rings is 1. The zero-order chi connectivity index (χ0) is 13.5. The van der Waals surface area contributed by atoms with Gasteiger partial charge in [0.25, 0.3) is 0 Å². The number of rotatable bonds is 5. The van der Waals surface area contributed by atoms with Gasteiger partial charge >= 0.3 is 0 Å². The summed E-state index contributed by atoms with van der Waals surface area (Å²) >= 11 is 1.53. The van der Waals surface area contributed by atoms with Crippen molar-refractivity contribution in [2.75, 3.05) is 13.1 Å². The maximum atomic E-state index is 12.8. The van der Waals surface area contributed by atoms with Gasteiger partial charge in [0.2, 0.25) is 10.0 Å². The Balaban J connectivity index is 1.86. The zero-order valence-electron chi connectivity index (χ0n) is 11.1. The van der Waals surface area contributed by atoms with Crippen LogP contribution < -0.4 is 5.32 Å². The maximum Gasteiger partial charge on any atom is 0.244 e. The highest BCUT2D eigenvalue weighted by Crippen LogP contribution is 2.41. The van der Waals surface area contributed by atoms with Gasteiger partial charge in [0, 0.05) is 24.0 Å². The van der Waals surface area contributed by atoms with Crippen molar-refractivity contribution in [3.05, 3.63) is 16.3 Å². The minimum atomic E-state index is -3.28. The van der Waals surface area contributed by atoms with Crippen LogP contribution in [0.4, 0.5) is 0 Å². The fourth-order valence-corrected chi connectivity index (χ4v) is 6.35. The van der Waals surface area contributed by atoms with Gasteiger partial charge < -0.3 is 5.32 Å². The number of hydrogen-bond acceptors (Lipinski definition) is 4. The second-order valence-corrected chi connectivity index (χ2v) is 8.26. The lowest BCUT2D eigenvalue weighted by atomic mass is 10.1. The van der Waals surface area contributed by atoms with Gasteiger partial charge in [0.15, 0.2) is 0 Å². The molecule has 2 unspecified atom stereocenters. The molecule has 1 aliphatic heterocycles. The Hall–Kier alpha value is -0.430. The second kappa shape index (κ2) is 5.16. The Labute approximate surface area is 118 Å². The molecule has 2 bridgehead atoms. The minimum absolute atomic E-state index is 0.252. The molecule has 1 aromatic rings. The van der Waals surface area contributed by atoms with Gasteiger partial charge in [-0.25, -0.2) is 8.42 Å². The van der Waals surface area contributed by atoms with E-state index in [9.17, 15) is 8.42 Å². The Morgan fingerprint density at radius 1 is 1.47 bits per heavy atom. The largest absolute Gasteiger partial charge is 0.312 e. The summed E-state index contributed by atoms with van der Waals surface area (Å²) in [4.78, 5) is 1.45. The summed E-state index contributed by atoms with van der Waals surface area (Å²) in [5.41, 5.74) is 0. The molecule has 0 aromatic carbocycles. The molecule has 1 aromatic heterocycles. The van der Waals surface area contributed by atoms with Crippen molar-refractivity contribution in [1.82, 2.24) is 9.62 Å². The van der Waals surface area contributed by atoms with Crippen molar-refractivity contribution in [3.63, 3.8) is 0 Å². The summed E-state index contributed by atoms with van der Waals surface area (Å²) < 4.78 is 27.3. The van der Waals surface area contributed by atoms with Crippen molar-refractivity contribution in [2.24, 2.45) is 5.92 Å². The van der Waals surface area contributed by atoms with E-state index in [1.807, 2.05) is 12.3 Å². The lowest BCUT2D eigenvalue weighted by Crippen LogP contribution is -2.37. The normalized spacial score (nSPS) is 27.2. The highest BCUT2D eigenvalue weighted by molar-refractivity contribution is 7.89. The van der Waals surface area contributed by atoms with Crippen LogP contribution in [0.15, 0.2) is 16.3 Å². The molecular weight excluding hydrogens is 280 g/mol. The molecule has 6 heteroatoms. The van der Waals surface area contributed by atoms with Gasteiger partial charge in [-0.15, -0.1) is 11.3 Å². The number of sulfonamides is 1. The minimum Gasteiger partial charge on any atom is -0.312 e. The number of hydrogen-bond donors (Lipinski definition) is 1. The van der Waals surface area contributed by atoms with Gasteiger partial charge in [0.05, 0.1) is 4.90 Å². The molecule has 106 valence electrons. The molecule has 2 heterocycles. The molecular formula is C13H20N2O2S2.